The molecule has 0 saturated heterocycles. The molecule has 104 valence electrons. The normalized spacial score (nSPS) is 19.2. The van der Waals surface area contributed by atoms with Gasteiger partial charge in [0.15, 0.2) is 0 Å². The van der Waals surface area contributed by atoms with Gasteiger partial charge in [0.05, 0.1) is 7.11 Å². The molecule has 0 heterocycles. The average Bonchev–Trinajstić information content (AvgIpc) is 2.54. The Kier molecular flexibility index (Phi) is 4.11. The largest absolute Gasteiger partial charge is 0.497 e. The number of hydrogen-bond acceptors (Lipinski definition) is 1. The minimum Gasteiger partial charge on any atom is -0.497 e. The quantitative estimate of drug-likeness (QED) is 0.724. The smallest absolute Gasteiger partial charge is 0.118 e. The van der Waals surface area contributed by atoms with E-state index in [1.165, 1.54) is 29.5 Å². The predicted molar refractivity (Wildman–Crippen MR) is 86.6 cm³/mol. The van der Waals surface area contributed by atoms with Crippen molar-refractivity contribution < 1.29 is 4.74 Å². The molecule has 1 aliphatic rings. The van der Waals surface area contributed by atoms with Gasteiger partial charge in [-0.2, -0.15) is 0 Å². The number of halogens is 1. The highest BCUT2D eigenvalue weighted by Gasteiger charge is 2.25. The lowest BCUT2D eigenvalue weighted by atomic mass is 9.81. The predicted octanol–water partition coefficient (Wildman–Crippen LogP) is 4.94. The van der Waals surface area contributed by atoms with Crippen molar-refractivity contribution in [1.29, 1.82) is 0 Å². The molecule has 2 unspecified atom stereocenters. The summed E-state index contributed by atoms with van der Waals surface area (Å²) >= 11 is 3.91. The van der Waals surface area contributed by atoms with E-state index >= 15 is 0 Å². The van der Waals surface area contributed by atoms with Crippen LogP contribution in [0.25, 0.3) is 0 Å². The van der Waals surface area contributed by atoms with Gasteiger partial charge >= 0.3 is 0 Å². The van der Waals surface area contributed by atoms with Crippen LogP contribution in [0.1, 0.15) is 27.9 Å². The number of ether oxygens (including phenoxy) is 1. The van der Waals surface area contributed by atoms with E-state index in [9.17, 15) is 0 Å². The molecule has 0 aromatic heterocycles. The first-order chi connectivity index (χ1) is 9.78. The van der Waals surface area contributed by atoms with Gasteiger partial charge in [-0.25, -0.2) is 0 Å². The van der Waals surface area contributed by atoms with E-state index in [0.717, 1.165) is 12.2 Å². The molecule has 0 aliphatic heterocycles. The topological polar surface area (TPSA) is 9.23 Å². The van der Waals surface area contributed by atoms with Crippen LogP contribution in [0.2, 0.25) is 0 Å². The van der Waals surface area contributed by atoms with Crippen LogP contribution < -0.4 is 4.74 Å². The maximum Gasteiger partial charge on any atom is 0.118 e. The molecule has 1 nitrogen and oxygen atoms in total. The van der Waals surface area contributed by atoms with E-state index in [2.05, 4.69) is 52.3 Å². The summed E-state index contributed by atoms with van der Waals surface area (Å²) in [6.45, 7) is 0. The number of alkyl halides is 1. The number of methoxy groups -OCH3 is 1. The molecule has 2 heteroatoms. The number of aryl methyl sites for hydroxylation is 1. The minimum absolute atomic E-state index is 0.418. The van der Waals surface area contributed by atoms with Crippen molar-refractivity contribution in [2.45, 2.75) is 24.1 Å². The lowest BCUT2D eigenvalue weighted by Gasteiger charge is -2.28. The Morgan fingerprint density at radius 1 is 1.05 bits per heavy atom. The van der Waals surface area contributed by atoms with E-state index in [4.69, 9.17) is 4.74 Å². The van der Waals surface area contributed by atoms with Gasteiger partial charge in [0.2, 0.25) is 0 Å². The molecule has 2 aromatic carbocycles. The Labute approximate surface area is 129 Å². The second kappa shape index (κ2) is 6.01. The van der Waals surface area contributed by atoms with E-state index < -0.39 is 0 Å². The zero-order chi connectivity index (χ0) is 13.9. The first kappa shape index (κ1) is 13.7. The number of fused-ring (bicyclic) bond motifs is 1. The van der Waals surface area contributed by atoms with Crippen molar-refractivity contribution in [2.24, 2.45) is 5.92 Å². The third-order valence-electron chi connectivity index (χ3n) is 4.23. The summed E-state index contributed by atoms with van der Waals surface area (Å²) in [5, 5.41) is 0. The second-order valence-corrected chi connectivity index (χ2v) is 6.43. The molecule has 0 saturated carbocycles. The van der Waals surface area contributed by atoms with Gasteiger partial charge in [0, 0.05) is 4.83 Å². The Morgan fingerprint density at radius 2 is 1.75 bits per heavy atom. The van der Waals surface area contributed by atoms with Crippen molar-refractivity contribution in [1.82, 2.24) is 0 Å². The highest BCUT2D eigenvalue weighted by molar-refractivity contribution is 9.09. The molecule has 3 rings (SSSR count). The third-order valence-corrected chi connectivity index (χ3v) is 5.51. The van der Waals surface area contributed by atoms with Gasteiger partial charge in [-0.1, -0.05) is 52.3 Å². The molecule has 0 bridgehead atoms. The fraction of sp³-hybridized carbons (Fsp3) is 0.333. The van der Waals surface area contributed by atoms with Crippen LogP contribution in [0.15, 0.2) is 48.5 Å². The number of rotatable bonds is 3. The summed E-state index contributed by atoms with van der Waals surface area (Å²) in [5.74, 6) is 1.58. The monoisotopic (exact) mass is 330 g/mol. The third kappa shape index (κ3) is 2.76. The van der Waals surface area contributed by atoms with Crippen LogP contribution in [0, 0.1) is 5.92 Å². The first-order valence-corrected chi connectivity index (χ1v) is 8.04. The highest BCUT2D eigenvalue weighted by Crippen LogP contribution is 2.39. The summed E-state index contributed by atoms with van der Waals surface area (Å²) in [4.78, 5) is 0.418. The molecular formula is C18H19BrO. The van der Waals surface area contributed by atoms with Crippen molar-refractivity contribution in [3.05, 3.63) is 65.2 Å². The van der Waals surface area contributed by atoms with Crippen LogP contribution in [0.5, 0.6) is 5.75 Å². The average molecular weight is 331 g/mol. The summed E-state index contributed by atoms with van der Waals surface area (Å²) in [6, 6.07) is 17.3. The molecule has 1 aliphatic carbocycles. The first-order valence-electron chi connectivity index (χ1n) is 7.12. The molecule has 0 amide bonds. The van der Waals surface area contributed by atoms with Crippen molar-refractivity contribution in [3.8, 4) is 5.75 Å². The van der Waals surface area contributed by atoms with Gasteiger partial charge < -0.3 is 4.74 Å². The van der Waals surface area contributed by atoms with Gasteiger partial charge in [-0.15, -0.1) is 0 Å². The Morgan fingerprint density at radius 3 is 2.45 bits per heavy atom. The van der Waals surface area contributed by atoms with E-state index in [-0.39, 0.29) is 0 Å². The van der Waals surface area contributed by atoms with E-state index in [1.807, 2.05) is 12.1 Å². The minimum atomic E-state index is 0.418. The Balaban J connectivity index is 1.76. The molecular weight excluding hydrogens is 312 g/mol. The molecule has 2 atom stereocenters. The maximum absolute atomic E-state index is 5.23. The number of benzene rings is 2. The summed E-state index contributed by atoms with van der Waals surface area (Å²) in [7, 11) is 1.71. The summed E-state index contributed by atoms with van der Waals surface area (Å²) < 4.78 is 5.23. The fourth-order valence-corrected chi connectivity index (χ4v) is 3.79. The van der Waals surface area contributed by atoms with Crippen LogP contribution in [-0.4, -0.2) is 7.11 Å². The molecule has 0 N–H and O–H groups in total. The standard InChI is InChI=1S/C18H19BrO/c1-20-17-10-8-14(9-11-17)18(19)16-7-6-13-4-2-3-5-15(13)12-16/h2-5,8-11,16,18H,6-7,12H2,1H3. The molecule has 0 fully saturated rings. The maximum atomic E-state index is 5.23. The van der Waals surface area contributed by atoms with Gasteiger partial charge in [0.1, 0.15) is 5.75 Å². The van der Waals surface area contributed by atoms with Gasteiger partial charge in [-0.05, 0) is 54.0 Å². The van der Waals surface area contributed by atoms with E-state index in [1.54, 1.807) is 7.11 Å². The zero-order valence-corrected chi connectivity index (χ0v) is 13.3. The molecule has 20 heavy (non-hydrogen) atoms. The summed E-state index contributed by atoms with van der Waals surface area (Å²) in [6.07, 6.45) is 3.61. The second-order valence-electron chi connectivity index (χ2n) is 5.45. The van der Waals surface area contributed by atoms with Crippen molar-refractivity contribution in [2.75, 3.05) is 7.11 Å². The Hall–Kier alpha value is -1.28. The fourth-order valence-electron chi connectivity index (χ4n) is 3.04. The lowest BCUT2D eigenvalue weighted by Crippen LogP contribution is -2.18. The highest BCUT2D eigenvalue weighted by atomic mass is 79.9. The van der Waals surface area contributed by atoms with Crippen molar-refractivity contribution in [3.63, 3.8) is 0 Å². The van der Waals surface area contributed by atoms with Gasteiger partial charge in [0.25, 0.3) is 0 Å². The van der Waals surface area contributed by atoms with Crippen LogP contribution in [0.4, 0.5) is 0 Å². The van der Waals surface area contributed by atoms with Crippen LogP contribution in [-0.2, 0) is 12.8 Å². The summed E-state index contributed by atoms with van der Waals surface area (Å²) in [5.41, 5.74) is 4.38. The van der Waals surface area contributed by atoms with E-state index in [0.29, 0.717) is 10.7 Å². The zero-order valence-electron chi connectivity index (χ0n) is 11.7. The van der Waals surface area contributed by atoms with Crippen molar-refractivity contribution >= 4 is 15.9 Å². The SMILES string of the molecule is COc1ccc(C(Br)C2CCc3ccccc3C2)cc1. The van der Waals surface area contributed by atoms with Crippen LogP contribution >= 0.6 is 15.9 Å². The lowest BCUT2D eigenvalue weighted by molar-refractivity contribution is 0.414. The Bertz CT molecular complexity index is 576. The molecule has 0 radical (unpaired) electrons. The number of hydrogen-bond donors (Lipinski definition) is 0. The van der Waals surface area contributed by atoms with Gasteiger partial charge in [-0.3, -0.25) is 0 Å². The molecule has 2 aromatic rings. The molecule has 0 spiro atoms. The van der Waals surface area contributed by atoms with Crippen LogP contribution in [0.3, 0.4) is 0 Å².